The number of nitrogens with zero attached hydrogens (tertiary/aromatic N) is 2. The van der Waals surface area contributed by atoms with Crippen molar-refractivity contribution in [1.82, 2.24) is 9.13 Å². The fraction of sp³-hybridized carbons (Fsp3) is 0.0333. The first kappa shape index (κ1) is 33.8. The van der Waals surface area contributed by atoms with Gasteiger partial charge in [0.15, 0.2) is 0 Å². The van der Waals surface area contributed by atoms with Gasteiger partial charge < -0.3 is 9.13 Å². The van der Waals surface area contributed by atoms with Crippen molar-refractivity contribution >= 4 is 103 Å². The summed E-state index contributed by atoms with van der Waals surface area (Å²) in [6.45, 7) is 0. The Bertz CT molecular complexity index is 4030. The fourth-order valence-electron chi connectivity index (χ4n) is 11.2. The van der Waals surface area contributed by atoms with Gasteiger partial charge in [-0.05, 0) is 143 Å². The van der Waals surface area contributed by atoms with Gasteiger partial charge in [-0.25, -0.2) is 0 Å². The number of hydrogen-bond acceptors (Lipinski definition) is 0. The Labute approximate surface area is 357 Å². The summed E-state index contributed by atoms with van der Waals surface area (Å²) in [5.41, 5.74) is 11.3. The molecule has 62 heavy (non-hydrogen) atoms. The molecule has 0 spiro atoms. The van der Waals surface area contributed by atoms with Crippen molar-refractivity contribution in [3.8, 4) is 22.5 Å². The second-order valence-corrected chi connectivity index (χ2v) is 17.1. The van der Waals surface area contributed by atoms with Gasteiger partial charge in [0.2, 0.25) is 0 Å². The molecule has 0 unspecified atom stereocenters. The summed E-state index contributed by atoms with van der Waals surface area (Å²) in [6.07, 6.45) is 6.76. The van der Waals surface area contributed by atoms with Crippen LogP contribution in [0.3, 0.4) is 0 Å². The summed E-state index contributed by atoms with van der Waals surface area (Å²) >= 11 is 0. The van der Waals surface area contributed by atoms with E-state index >= 15 is 0 Å². The summed E-state index contributed by atoms with van der Waals surface area (Å²) in [5, 5.41) is 19.4. The van der Waals surface area contributed by atoms with Gasteiger partial charge in [-0.2, -0.15) is 0 Å². The van der Waals surface area contributed by atoms with Crippen LogP contribution < -0.4 is 0 Å². The zero-order chi connectivity index (χ0) is 40.5. The molecule has 1 aliphatic carbocycles. The highest BCUT2D eigenvalue weighted by Crippen LogP contribution is 2.42. The topological polar surface area (TPSA) is 9.86 Å². The lowest BCUT2D eigenvalue weighted by molar-refractivity contribution is 0.889. The lowest BCUT2D eigenvalue weighted by Crippen LogP contribution is -2.03. The average molecular weight is 787 g/mol. The molecule has 2 heterocycles. The molecular formula is C60H38N2. The van der Waals surface area contributed by atoms with E-state index in [2.05, 4.69) is 215 Å². The van der Waals surface area contributed by atoms with Crippen LogP contribution in [-0.4, -0.2) is 9.13 Å². The predicted octanol–water partition coefficient (Wildman–Crippen LogP) is 16.3. The van der Waals surface area contributed by atoms with Crippen molar-refractivity contribution < 1.29 is 0 Å². The van der Waals surface area contributed by atoms with Gasteiger partial charge in [0.1, 0.15) is 0 Å². The second kappa shape index (κ2) is 12.8. The third kappa shape index (κ3) is 4.69. The van der Waals surface area contributed by atoms with Gasteiger partial charge in [0.05, 0.1) is 16.6 Å². The minimum absolute atomic E-state index is 1.01. The highest BCUT2D eigenvalue weighted by molar-refractivity contribution is 6.27. The highest BCUT2D eigenvalue weighted by atomic mass is 15.0. The van der Waals surface area contributed by atoms with Gasteiger partial charge in [-0.15, -0.1) is 0 Å². The Balaban J connectivity index is 0.936. The van der Waals surface area contributed by atoms with E-state index < -0.39 is 0 Å². The van der Waals surface area contributed by atoms with E-state index in [-0.39, 0.29) is 0 Å². The minimum atomic E-state index is 1.01. The number of fused-ring (bicyclic) bond motifs is 18. The van der Waals surface area contributed by atoms with Crippen LogP contribution in [0.4, 0.5) is 0 Å². The van der Waals surface area contributed by atoms with Crippen molar-refractivity contribution in [2.45, 2.75) is 12.8 Å². The maximum atomic E-state index is 2.54. The number of para-hydroxylation sites is 1. The average Bonchev–Trinajstić information content (AvgIpc) is 3.86. The Morgan fingerprint density at radius 1 is 0.290 bits per heavy atom. The summed E-state index contributed by atoms with van der Waals surface area (Å²) in [6, 6.07) is 72.6. The third-order valence-electron chi connectivity index (χ3n) is 13.9. The molecule has 2 heteroatoms. The predicted molar refractivity (Wildman–Crippen MR) is 265 cm³/mol. The van der Waals surface area contributed by atoms with Crippen molar-refractivity contribution in [2.24, 2.45) is 0 Å². The molecule has 0 bridgehead atoms. The SMILES string of the molecule is C1=Cc2c(n(-c3ccc4c5ccccc5c5ccccc5c4c3)c3ccc(-c4ccc5c(c4)c4ccccc4n5-c4ccc5c6ccccc6c6ccccc6c5c4)cc23)CC1. The lowest BCUT2D eigenvalue weighted by atomic mass is 9.94. The first-order valence-corrected chi connectivity index (χ1v) is 21.8. The van der Waals surface area contributed by atoms with Crippen LogP contribution in [0.2, 0.25) is 0 Å². The van der Waals surface area contributed by atoms with E-state index in [0.717, 1.165) is 12.8 Å². The maximum absolute atomic E-state index is 2.54. The summed E-state index contributed by atoms with van der Waals surface area (Å²) in [5.74, 6) is 0. The molecule has 0 radical (unpaired) electrons. The zero-order valence-corrected chi connectivity index (χ0v) is 33.9. The Hall–Kier alpha value is -7.94. The normalized spacial score (nSPS) is 13.0. The van der Waals surface area contributed by atoms with Gasteiger partial charge in [-0.1, -0.05) is 152 Å². The molecule has 2 aromatic heterocycles. The van der Waals surface area contributed by atoms with E-state index in [1.807, 2.05) is 0 Å². The number of allylic oxidation sites excluding steroid dienone is 1. The molecule has 0 aliphatic heterocycles. The number of aromatic nitrogens is 2. The number of benzene rings is 11. The number of hydrogen-bond donors (Lipinski definition) is 0. The summed E-state index contributed by atoms with van der Waals surface area (Å²) in [7, 11) is 0. The summed E-state index contributed by atoms with van der Waals surface area (Å²) < 4.78 is 4.99. The molecule has 13 aromatic rings. The molecule has 0 saturated carbocycles. The van der Waals surface area contributed by atoms with Gasteiger partial charge in [0, 0.05) is 38.8 Å². The van der Waals surface area contributed by atoms with Crippen molar-refractivity contribution in [1.29, 1.82) is 0 Å². The molecule has 288 valence electrons. The van der Waals surface area contributed by atoms with Crippen molar-refractivity contribution in [3.05, 3.63) is 211 Å². The van der Waals surface area contributed by atoms with E-state index in [9.17, 15) is 0 Å². The molecule has 0 fully saturated rings. The Kier molecular flexibility index (Phi) is 6.98. The van der Waals surface area contributed by atoms with Crippen LogP contribution in [0, 0.1) is 0 Å². The number of rotatable bonds is 3. The van der Waals surface area contributed by atoms with Crippen LogP contribution in [0.25, 0.3) is 126 Å². The van der Waals surface area contributed by atoms with Crippen molar-refractivity contribution in [2.75, 3.05) is 0 Å². The van der Waals surface area contributed by atoms with Crippen LogP contribution in [-0.2, 0) is 6.42 Å². The van der Waals surface area contributed by atoms with E-state index in [1.54, 1.807) is 0 Å². The lowest BCUT2D eigenvalue weighted by Gasteiger charge is -2.16. The standard InChI is InChI=1S/C60H38N2/c1-3-17-45-41(13-1)43-15-5-7-19-47(43)53-35-39(27-29-49(45)53)61-57-23-11-9-21-51(57)55-33-37(25-31-59(55)61)38-26-32-60-56(34-38)52-22-10-12-24-58(52)62(60)40-28-30-50-46-18-4-2-14-42(46)44-16-6-8-20-48(44)54(50)36-40/h1-11,13-23,25-36H,12,24H2. The molecule has 0 N–H and O–H groups in total. The van der Waals surface area contributed by atoms with E-state index in [1.165, 1.54) is 131 Å². The highest BCUT2D eigenvalue weighted by Gasteiger charge is 2.21. The smallest absolute Gasteiger partial charge is 0.0541 e. The quantitative estimate of drug-likeness (QED) is 0.158. The van der Waals surface area contributed by atoms with Crippen LogP contribution in [0.1, 0.15) is 17.7 Å². The molecule has 14 rings (SSSR count). The molecule has 1 aliphatic rings. The van der Waals surface area contributed by atoms with Crippen molar-refractivity contribution in [3.63, 3.8) is 0 Å². The van der Waals surface area contributed by atoms with Crippen LogP contribution in [0.15, 0.2) is 200 Å². The second-order valence-electron chi connectivity index (χ2n) is 17.1. The molecular weight excluding hydrogens is 749 g/mol. The monoisotopic (exact) mass is 786 g/mol. The molecule has 0 saturated heterocycles. The maximum Gasteiger partial charge on any atom is 0.0541 e. The molecule has 11 aromatic carbocycles. The van der Waals surface area contributed by atoms with E-state index in [0.29, 0.717) is 0 Å². The third-order valence-corrected chi connectivity index (χ3v) is 13.9. The first-order valence-electron chi connectivity index (χ1n) is 21.8. The molecule has 2 nitrogen and oxygen atoms in total. The van der Waals surface area contributed by atoms with Gasteiger partial charge in [-0.3, -0.25) is 0 Å². The summed E-state index contributed by atoms with van der Waals surface area (Å²) in [4.78, 5) is 0. The van der Waals surface area contributed by atoms with Gasteiger partial charge in [0.25, 0.3) is 0 Å². The van der Waals surface area contributed by atoms with Gasteiger partial charge >= 0.3 is 0 Å². The molecule has 0 amide bonds. The fourth-order valence-corrected chi connectivity index (χ4v) is 11.2. The largest absolute Gasteiger partial charge is 0.313 e. The van der Waals surface area contributed by atoms with Crippen LogP contribution >= 0.6 is 0 Å². The first-order chi connectivity index (χ1) is 30.8. The molecule has 0 atom stereocenters. The zero-order valence-electron chi connectivity index (χ0n) is 33.9. The Morgan fingerprint density at radius 2 is 0.694 bits per heavy atom. The van der Waals surface area contributed by atoms with Crippen LogP contribution in [0.5, 0.6) is 0 Å². The van der Waals surface area contributed by atoms with E-state index in [4.69, 9.17) is 0 Å². The Morgan fingerprint density at radius 3 is 1.23 bits per heavy atom. The minimum Gasteiger partial charge on any atom is -0.313 e.